The average molecular weight is 421 g/mol. The van der Waals surface area contributed by atoms with E-state index in [1.54, 1.807) is 32.0 Å². The molecule has 5 nitrogen and oxygen atoms in total. The number of carbonyl (C=O) groups is 1. The molecule has 0 fully saturated rings. The number of hydrogen-bond acceptors (Lipinski definition) is 3. The highest BCUT2D eigenvalue weighted by atomic mass is 19.4. The third-order valence-corrected chi connectivity index (χ3v) is 4.69. The van der Waals surface area contributed by atoms with E-state index >= 15 is 4.39 Å². The van der Waals surface area contributed by atoms with Gasteiger partial charge in [-0.3, -0.25) is 15.0 Å². The molecule has 0 saturated carbocycles. The number of nitrogens with zero attached hydrogens (tertiary/aromatic N) is 2. The highest BCUT2D eigenvalue weighted by Gasteiger charge is 2.36. The number of carbonyl (C=O) groups excluding carboxylic acids is 1. The van der Waals surface area contributed by atoms with Gasteiger partial charge in [0.25, 0.3) is 11.5 Å². The second kappa shape index (κ2) is 7.55. The Morgan fingerprint density at radius 2 is 1.67 bits per heavy atom. The molecule has 0 aliphatic carbocycles. The fraction of sp³-hybridized carbons (Fsp3) is 0.286. The van der Waals surface area contributed by atoms with Crippen molar-refractivity contribution in [1.82, 2.24) is 9.66 Å². The second-order valence-corrected chi connectivity index (χ2v) is 7.30. The van der Waals surface area contributed by atoms with E-state index in [4.69, 9.17) is 0 Å². The maximum atomic E-state index is 15.2. The molecule has 0 bridgehead atoms. The normalized spacial score (nSPS) is 14.0. The van der Waals surface area contributed by atoms with Crippen LogP contribution in [-0.4, -0.2) is 15.6 Å². The molecular formula is C21H19F4N3O2. The number of halogens is 4. The van der Waals surface area contributed by atoms with Gasteiger partial charge in [0.2, 0.25) is 5.67 Å². The third kappa shape index (κ3) is 3.92. The van der Waals surface area contributed by atoms with Crippen molar-refractivity contribution in [3.05, 3.63) is 75.8 Å². The SMILES string of the molecule is CC(C)c1nc2cc(C(F)(F)F)ccc2c(=O)n1NC(=O)[C@@](C)(F)c1ccccc1. The smallest absolute Gasteiger partial charge is 0.269 e. The maximum absolute atomic E-state index is 15.2. The van der Waals surface area contributed by atoms with Crippen LogP contribution in [0.1, 0.15) is 43.6 Å². The van der Waals surface area contributed by atoms with Crippen molar-refractivity contribution >= 4 is 16.8 Å². The quantitative estimate of drug-likeness (QED) is 0.632. The highest BCUT2D eigenvalue weighted by molar-refractivity contribution is 5.92. The summed E-state index contributed by atoms with van der Waals surface area (Å²) in [4.78, 5) is 29.7. The minimum absolute atomic E-state index is 0.00374. The van der Waals surface area contributed by atoms with Gasteiger partial charge in [0.05, 0.1) is 16.5 Å². The van der Waals surface area contributed by atoms with Gasteiger partial charge in [0.15, 0.2) is 0 Å². The van der Waals surface area contributed by atoms with Crippen LogP contribution in [0.15, 0.2) is 53.3 Å². The predicted molar refractivity (Wildman–Crippen MR) is 104 cm³/mol. The molecule has 0 aliphatic rings. The zero-order valence-electron chi connectivity index (χ0n) is 16.4. The van der Waals surface area contributed by atoms with Crippen molar-refractivity contribution in [2.75, 3.05) is 5.43 Å². The Bertz CT molecular complexity index is 1150. The molecule has 0 aliphatic heterocycles. The van der Waals surface area contributed by atoms with Crippen LogP contribution < -0.4 is 11.0 Å². The van der Waals surface area contributed by atoms with E-state index in [1.165, 1.54) is 12.1 Å². The summed E-state index contributed by atoms with van der Waals surface area (Å²) < 4.78 is 55.0. The molecule has 3 aromatic rings. The van der Waals surface area contributed by atoms with Gasteiger partial charge in [0.1, 0.15) is 5.82 Å². The van der Waals surface area contributed by atoms with Crippen molar-refractivity contribution in [1.29, 1.82) is 0 Å². The lowest BCUT2D eigenvalue weighted by Crippen LogP contribution is -2.43. The molecule has 2 aromatic carbocycles. The summed E-state index contributed by atoms with van der Waals surface area (Å²) in [5.41, 5.74) is -2.02. The van der Waals surface area contributed by atoms with Crippen LogP contribution in [-0.2, 0) is 16.6 Å². The minimum atomic E-state index is -4.59. The monoisotopic (exact) mass is 421 g/mol. The van der Waals surface area contributed by atoms with Crippen LogP contribution in [0.2, 0.25) is 0 Å². The molecule has 3 rings (SSSR count). The fourth-order valence-corrected chi connectivity index (χ4v) is 2.96. The van der Waals surface area contributed by atoms with E-state index in [0.29, 0.717) is 0 Å². The molecule has 0 saturated heterocycles. The van der Waals surface area contributed by atoms with Gasteiger partial charge in [-0.2, -0.15) is 13.2 Å². The van der Waals surface area contributed by atoms with E-state index in [0.717, 1.165) is 29.8 Å². The predicted octanol–water partition coefficient (Wildman–Crippen LogP) is 4.49. The van der Waals surface area contributed by atoms with Crippen LogP contribution in [0.3, 0.4) is 0 Å². The molecule has 1 atom stereocenters. The van der Waals surface area contributed by atoms with Crippen LogP contribution in [0, 0.1) is 0 Å². The molecule has 1 heterocycles. The molecule has 158 valence electrons. The molecule has 1 amide bonds. The van der Waals surface area contributed by atoms with Gasteiger partial charge in [-0.25, -0.2) is 14.1 Å². The molecule has 1 N–H and O–H groups in total. The van der Waals surface area contributed by atoms with Gasteiger partial charge >= 0.3 is 6.18 Å². The lowest BCUT2D eigenvalue weighted by atomic mass is 9.97. The lowest BCUT2D eigenvalue weighted by molar-refractivity contribution is -0.137. The molecule has 30 heavy (non-hydrogen) atoms. The summed E-state index contributed by atoms with van der Waals surface area (Å²) in [6.07, 6.45) is -4.59. The lowest BCUT2D eigenvalue weighted by Gasteiger charge is -2.23. The molecule has 0 unspecified atom stereocenters. The van der Waals surface area contributed by atoms with Crippen LogP contribution in [0.5, 0.6) is 0 Å². The van der Waals surface area contributed by atoms with E-state index in [9.17, 15) is 22.8 Å². The van der Waals surface area contributed by atoms with Gasteiger partial charge in [0, 0.05) is 5.92 Å². The summed E-state index contributed by atoms with van der Waals surface area (Å²) in [6.45, 7) is 4.35. The Labute approximate surface area is 169 Å². The van der Waals surface area contributed by atoms with E-state index in [-0.39, 0.29) is 22.3 Å². The first-order valence-electron chi connectivity index (χ1n) is 9.12. The molecule has 1 aromatic heterocycles. The maximum Gasteiger partial charge on any atom is 0.416 e. The minimum Gasteiger partial charge on any atom is -0.269 e. The zero-order chi connectivity index (χ0) is 22.3. The molecule has 9 heteroatoms. The fourth-order valence-electron chi connectivity index (χ4n) is 2.96. The number of benzene rings is 2. The van der Waals surface area contributed by atoms with E-state index in [2.05, 4.69) is 10.4 Å². The first kappa shape index (κ1) is 21.5. The number of amides is 1. The average Bonchev–Trinajstić information content (AvgIpc) is 2.69. The summed E-state index contributed by atoms with van der Waals surface area (Å²) in [6, 6.07) is 10.2. The number of fused-ring (bicyclic) bond motifs is 1. The Morgan fingerprint density at radius 3 is 2.23 bits per heavy atom. The summed E-state index contributed by atoms with van der Waals surface area (Å²) in [5, 5.41) is -0.132. The number of rotatable bonds is 4. The first-order chi connectivity index (χ1) is 13.9. The Hall–Kier alpha value is -3.23. The topological polar surface area (TPSA) is 64.0 Å². The third-order valence-electron chi connectivity index (χ3n) is 4.69. The van der Waals surface area contributed by atoms with Crippen molar-refractivity contribution in [3.8, 4) is 0 Å². The second-order valence-electron chi connectivity index (χ2n) is 7.30. The number of aromatic nitrogens is 2. The van der Waals surface area contributed by atoms with Gasteiger partial charge < -0.3 is 0 Å². The number of hydrogen-bond donors (Lipinski definition) is 1. The van der Waals surface area contributed by atoms with Crippen LogP contribution in [0.4, 0.5) is 17.6 Å². The Morgan fingerprint density at radius 1 is 1.03 bits per heavy atom. The summed E-state index contributed by atoms with van der Waals surface area (Å²) >= 11 is 0. The Kier molecular flexibility index (Phi) is 5.40. The summed E-state index contributed by atoms with van der Waals surface area (Å²) in [5.74, 6) is -1.55. The van der Waals surface area contributed by atoms with Crippen molar-refractivity contribution in [2.45, 2.75) is 38.5 Å². The number of nitrogens with one attached hydrogen (secondary N) is 1. The van der Waals surface area contributed by atoms with Crippen molar-refractivity contribution in [2.24, 2.45) is 0 Å². The first-order valence-corrected chi connectivity index (χ1v) is 9.12. The van der Waals surface area contributed by atoms with Crippen LogP contribution in [0.25, 0.3) is 10.9 Å². The molecule has 0 radical (unpaired) electrons. The van der Waals surface area contributed by atoms with Gasteiger partial charge in [-0.1, -0.05) is 44.2 Å². The Balaban J connectivity index is 2.11. The largest absolute Gasteiger partial charge is 0.416 e. The van der Waals surface area contributed by atoms with E-state index in [1.807, 2.05) is 0 Å². The van der Waals surface area contributed by atoms with Crippen molar-refractivity contribution in [3.63, 3.8) is 0 Å². The van der Waals surface area contributed by atoms with E-state index < -0.39 is 34.8 Å². The van der Waals surface area contributed by atoms with Gasteiger partial charge in [-0.05, 0) is 30.7 Å². The molecule has 0 spiro atoms. The standard InChI is InChI=1S/C21H19F4N3O2/c1-12(2)17-26-16-11-14(21(23,24)25)9-10-15(16)18(29)28(17)27-19(30)20(3,22)13-7-5-4-6-8-13/h4-12H,1-3H3,(H,27,30)/t20-/m0/s1. The highest BCUT2D eigenvalue weighted by Crippen LogP contribution is 2.31. The van der Waals surface area contributed by atoms with Gasteiger partial charge in [-0.15, -0.1) is 0 Å². The molecular weight excluding hydrogens is 402 g/mol. The zero-order valence-corrected chi connectivity index (χ0v) is 16.4. The number of alkyl halides is 4. The summed E-state index contributed by atoms with van der Waals surface area (Å²) in [7, 11) is 0. The van der Waals surface area contributed by atoms with Crippen molar-refractivity contribution < 1.29 is 22.4 Å². The van der Waals surface area contributed by atoms with Crippen LogP contribution >= 0.6 is 0 Å².